The molecule has 0 radical (unpaired) electrons. The molecule has 2 heteroatoms. The molecule has 0 amide bonds. The summed E-state index contributed by atoms with van der Waals surface area (Å²) >= 11 is 0. The molecule has 0 heterocycles. The Morgan fingerprint density at radius 3 is 2.62 bits per heavy atom. The first-order chi connectivity index (χ1) is 6.20. The highest BCUT2D eigenvalue weighted by atomic mass is 16.5. The maximum Gasteiger partial charge on any atom is 0.145 e. The molecule has 0 aromatic heterocycles. The fourth-order valence-electron chi connectivity index (χ4n) is 1.19. The first kappa shape index (κ1) is 9.52. The molecule has 1 aromatic rings. The Morgan fingerprint density at radius 1 is 1.46 bits per heavy atom. The van der Waals surface area contributed by atoms with Gasteiger partial charge in [0.15, 0.2) is 0 Å². The minimum absolute atomic E-state index is 0.732. The number of hydrogen-bond donors (Lipinski definition) is 0. The van der Waals surface area contributed by atoms with Gasteiger partial charge in [0.25, 0.3) is 0 Å². The zero-order valence-corrected chi connectivity index (χ0v) is 8.00. The summed E-state index contributed by atoms with van der Waals surface area (Å²) in [5.74, 6) is 0.732. The predicted octanol–water partition coefficient (Wildman–Crippen LogP) is 3.06. The zero-order chi connectivity index (χ0) is 9.84. The molecular formula is C11H13NO. The lowest BCUT2D eigenvalue weighted by Crippen LogP contribution is -1.86. The Labute approximate surface area is 78.6 Å². The number of para-hydroxylation sites is 1. The van der Waals surface area contributed by atoms with Gasteiger partial charge in [-0.25, -0.2) is 0 Å². The van der Waals surface area contributed by atoms with Crippen molar-refractivity contribution >= 4 is 18.0 Å². The van der Waals surface area contributed by atoms with Crippen LogP contribution in [0.1, 0.15) is 12.5 Å². The number of nitrogens with zero attached hydrogens (tertiary/aromatic N) is 1. The van der Waals surface area contributed by atoms with Gasteiger partial charge < -0.3 is 4.74 Å². The Morgan fingerprint density at radius 2 is 2.15 bits per heavy atom. The Kier molecular flexibility index (Phi) is 2.85. The SMILES string of the molecule is C=Nc1c(OC)cccc1C(=C)C. The number of aliphatic imine (C=N–C) groups is 1. The summed E-state index contributed by atoms with van der Waals surface area (Å²) in [4.78, 5) is 3.93. The van der Waals surface area contributed by atoms with E-state index in [-0.39, 0.29) is 0 Å². The minimum Gasteiger partial charge on any atom is -0.494 e. The van der Waals surface area contributed by atoms with Gasteiger partial charge in [0, 0.05) is 5.56 Å². The Hall–Kier alpha value is -1.57. The third kappa shape index (κ3) is 1.78. The molecule has 1 rings (SSSR count). The van der Waals surface area contributed by atoms with E-state index in [9.17, 15) is 0 Å². The van der Waals surface area contributed by atoms with Gasteiger partial charge in [-0.15, -0.1) is 0 Å². The highest BCUT2D eigenvalue weighted by molar-refractivity contribution is 5.77. The van der Waals surface area contributed by atoms with E-state index >= 15 is 0 Å². The van der Waals surface area contributed by atoms with Gasteiger partial charge in [-0.05, 0) is 25.3 Å². The van der Waals surface area contributed by atoms with Crippen molar-refractivity contribution in [1.29, 1.82) is 0 Å². The monoisotopic (exact) mass is 175 g/mol. The molecule has 0 N–H and O–H groups in total. The fourth-order valence-corrected chi connectivity index (χ4v) is 1.19. The third-order valence-electron chi connectivity index (χ3n) is 1.84. The van der Waals surface area contributed by atoms with Gasteiger partial charge in [0.05, 0.1) is 7.11 Å². The normalized spacial score (nSPS) is 9.38. The van der Waals surface area contributed by atoms with Crippen LogP contribution in [0.4, 0.5) is 5.69 Å². The second-order valence-corrected chi connectivity index (χ2v) is 2.79. The van der Waals surface area contributed by atoms with E-state index in [1.807, 2.05) is 25.1 Å². The van der Waals surface area contributed by atoms with Crippen molar-refractivity contribution < 1.29 is 4.74 Å². The van der Waals surface area contributed by atoms with E-state index in [2.05, 4.69) is 18.3 Å². The molecule has 0 saturated heterocycles. The largest absolute Gasteiger partial charge is 0.494 e. The minimum atomic E-state index is 0.732. The van der Waals surface area contributed by atoms with Crippen molar-refractivity contribution in [1.82, 2.24) is 0 Å². The van der Waals surface area contributed by atoms with Gasteiger partial charge in [-0.1, -0.05) is 18.7 Å². The number of allylic oxidation sites excluding steroid dienone is 1. The lowest BCUT2D eigenvalue weighted by Gasteiger charge is -2.08. The topological polar surface area (TPSA) is 21.6 Å². The summed E-state index contributed by atoms with van der Waals surface area (Å²) in [6.07, 6.45) is 0. The Balaban J connectivity index is 3.35. The van der Waals surface area contributed by atoms with Crippen molar-refractivity contribution in [2.45, 2.75) is 6.92 Å². The lowest BCUT2D eigenvalue weighted by molar-refractivity contribution is 0.416. The van der Waals surface area contributed by atoms with Crippen LogP contribution in [-0.4, -0.2) is 13.8 Å². The lowest BCUT2D eigenvalue weighted by atomic mass is 10.1. The van der Waals surface area contributed by atoms with Crippen molar-refractivity contribution in [2.24, 2.45) is 4.99 Å². The first-order valence-electron chi connectivity index (χ1n) is 4.00. The molecule has 1 aromatic carbocycles. The first-order valence-corrected chi connectivity index (χ1v) is 4.00. The van der Waals surface area contributed by atoms with Crippen LogP contribution in [0.2, 0.25) is 0 Å². The highest BCUT2D eigenvalue weighted by Crippen LogP contribution is 2.34. The quantitative estimate of drug-likeness (QED) is 0.647. The zero-order valence-electron chi connectivity index (χ0n) is 8.00. The van der Waals surface area contributed by atoms with E-state index in [0.717, 1.165) is 22.6 Å². The maximum absolute atomic E-state index is 5.15. The number of hydrogen-bond acceptors (Lipinski definition) is 2. The van der Waals surface area contributed by atoms with E-state index < -0.39 is 0 Å². The van der Waals surface area contributed by atoms with Crippen LogP contribution >= 0.6 is 0 Å². The van der Waals surface area contributed by atoms with Crippen LogP contribution in [0.5, 0.6) is 5.75 Å². The summed E-state index contributed by atoms with van der Waals surface area (Å²) in [5.41, 5.74) is 2.70. The molecule has 0 atom stereocenters. The van der Waals surface area contributed by atoms with Crippen LogP contribution in [0.15, 0.2) is 29.8 Å². The van der Waals surface area contributed by atoms with Crippen LogP contribution in [0.3, 0.4) is 0 Å². The molecule has 0 aliphatic rings. The second-order valence-electron chi connectivity index (χ2n) is 2.79. The van der Waals surface area contributed by atoms with Crippen LogP contribution in [0.25, 0.3) is 5.57 Å². The standard InChI is InChI=1S/C11H13NO/c1-8(2)9-6-5-7-10(13-4)11(9)12-3/h5-7H,1,3H2,2,4H3. The molecular weight excluding hydrogens is 162 g/mol. The van der Waals surface area contributed by atoms with E-state index in [4.69, 9.17) is 4.74 Å². The van der Waals surface area contributed by atoms with E-state index in [1.54, 1.807) is 7.11 Å². The van der Waals surface area contributed by atoms with Crippen molar-refractivity contribution in [3.8, 4) is 5.75 Å². The molecule has 0 unspecified atom stereocenters. The average molecular weight is 175 g/mol. The summed E-state index contributed by atoms with van der Waals surface area (Å²) in [6, 6.07) is 5.73. The van der Waals surface area contributed by atoms with Gasteiger partial charge in [-0.2, -0.15) is 0 Å². The van der Waals surface area contributed by atoms with Crippen molar-refractivity contribution in [2.75, 3.05) is 7.11 Å². The van der Waals surface area contributed by atoms with Crippen LogP contribution < -0.4 is 4.74 Å². The summed E-state index contributed by atoms with van der Waals surface area (Å²) < 4.78 is 5.15. The molecule has 0 spiro atoms. The molecule has 0 fully saturated rings. The van der Waals surface area contributed by atoms with Gasteiger partial charge >= 0.3 is 0 Å². The van der Waals surface area contributed by atoms with Gasteiger partial charge in [0.1, 0.15) is 11.4 Å². The van der Waals surface area contributed by atoms with Crippen molar-refractivity contribution in [3.63, 3.8) is 0 Å². The molecule has 0 aliphatic heterocycles. The maximum atomic E-state index is 5.15. The second kappa shape index (κ2) is 3.90. The van der Waals surface area contributed by atoms with Gasteiger partial charge in [0.2, 0.25) is 0 Å². The molecule has 0 saturated carbocycles. The van der Waals surface area contributed by atoms with Crippen LogP contribution in [0, 0.1) is 0 Å². The average Bonchev–Trinajstić information content (AvgIpc) is 2.16. The third-order valence-corrected chi connectivity index (χ3v) is 1.84. The smallest absolute Gasteiger partial charge is 0.145 e. The molecule has 0 aliphatic carbocycles. The molecule has 13 heavy (non-hydrogen) atoms. The predicted molar refractivity (Wildman–Crippen MR) is 56.9 cm³/mol. The number of methoxy groups -OCH3 is 1. The summed E-state index contributed by atoms with van der Waals surface area (Å²) in [6.45, 7) is 9.31. The molecule has 0 bridgehead atoms. The Bertz CT molecular complexity index is 342. The van der Waals surface area contributed by atoms with Gasteiger partial charge in [-0.3, -0.25) is 4.99 Å². The number of benzene rings is 1. The molecule has 2 nitrogen and oxygen atoms in total. The van der Waals surface area contributed by atoms with E-state index in [1.165, 1.54) is 0 Å². The van der Waals surface area contributed by atoms with E-state index in [0.29, 0.717) is 0 Å². The molecule has 68 valence electrons. The summed E-state index contributed by atoms with van der Waals surface area (Å²) in [7, 11) is 1.62. The number of ether oxygens (including phenoxy) is 1. The highest BCUT2D eigenvalue weighted by Gasteiger charge is 2.06. The number of rotatable bonds is 3. The summed E-state index contributed by atoms with van der Waals surface area (Å²) in [5, 5.41) is 0. The van der Waals surface area contributed by atoms with Crippen molar-refractivity contribution in [3.05, 3.63) is 30.3 Å². The fraction of sp³-hybridized carbons (Fsp3) is 0.182. The van der Waals surface area contributed by atoms with Crippen LogP contribution in [-0.2, 0) is 0 Å².